The fourth-order valence-electron chi connectivity index (χ4n) is 1.82. The van der Waals surface area contributed by atoms with Gasteiger partial charge in [0, 0.05) is 12.1 Å². The molecule has 0 saturated heterocycles. The zero-order valence-electron chi connectivity index (χ0n) is 9.64. The summed E-state index contributed by atoms with van der Waals surface area (Å²) in [7, 11) is 0. The minimum absolute atomic E-state index is 0.122. The standard InChI is InChI=1S/C11H15N3O4/c12-9-3-4-14(11(17)13-9)10-2-1-7(5-15)8(6-16)18-10/h1-4,7-8,10,15-16H,5-6H2,(H2,12,13,17)/t7-,8-,10-/m1/s1. The van der Waals surface area contributed by atoms with Gasteiger partial charge in [-0.05, 0) is 12.1 Å². The molecule has 1 aromatic rings. The number of aromatic nitrogens is 2. The molecule has 1 aliphatic heterocycles. The maximum absolute atomic E-state index is 11.6. The van der Waals surface area contributed by atoms with E-state index in [1.165, 1.54) is 16.8 Å². The van der Waals surface area contributed by atoms with Gasteiger partial charge in [0.25, 0.3) is 0 Å². The Labute approximate surface area is 103 Å². The van der Waals surface area contributed by atoms with E-state index in [4.69, 9.17) is 15.6 Å². The number of aliphatic hydroxyl groups excluding tert-OH is 2. The van der Waals surface area contributed by atoms with E-state index in [2.05, 4.69) is 4.98 Å². The Morgan fingerprint density at radius 2 is 2.17 bits per heavy atom. The Kier molecular flexibility index (Phi) is 3.75. The van der Waals surface area contributed by atoms with Crippen molar-refractivity contribution in [3.63, 3.8) is 0 Å². The molecule has 0 unspecified atom stereocenters. The first-order chi connectivity index (χ1) is 8.65. The van der Waals surface area contributed by atoms with Gasteiger partial charge < -0.3 is 20.7 Å². The number of anilines is 1. The number of nitrogens with zero attached hydrogens (tertiary/aromatic N) is 2. The van der Waals surface area contributed by atoms with E-state index in [9.17, 15) is 9.90 Å². The van der Waals surface area contributed by atoms with Crippen molar-refractivity contribution >= 4 is 5.82 Å². The lowest BCUT2D eigenvalue weighted by molar-refractivity contribution is -0.0885. The van der Waals surface area contributed by atoms with Gasteiger partial charge in [-0.3, -0.25) is 4.57 Å². The van der Waals surface area contributed by atoms with Crippen molar-refractivity contribution in [1.82, 2.24) is 9.55 Å². The van der Waals surface area contributed by atoms with Crippen LogP contribution in [0.4, 0.5) is 5.82 Å². The lowest BCUT2D eigenvalue weighted by atomic mass is 10.0. The molecule has 18 heavy (non-hydrogen) atoms. The number of ether oxygens (including phenoxy) is 1. The van der Waals surface area contributed by atoms with Crippen LogP contribution < -0.4 is 11.4 Å². The summed E-state index contributed by atoms with van der Waals surface area (Å²) in [5.74, 6) is -0.133. The molecular weight excluding hydrogens is 238 g/mol. The highest BCUT2D eigenvalue weighted by Gasteiger charge is 2.27. The first-order valence-electron chi connectivity index (χ1n) is 5.56. The molecule has 0 radical (unpaired) electrons. The molecule has 1 aliphatic rings. The van der Waals surface area contributed by atoms with Gasteiger partial charge in [-0.15, -0.1) is 0 Å². The molecule has 0 bridgehead atoms. The van der Waals surface area contributed by atoms with Gasteiger partial charge in [-0.25, -0.2) is 4.79 Å². The molecule has 0 fully saturated rings. The molecule has 0 saturated carbocycles. The monoisotopic (exact) mass is 253 g/mol. The summed E-state index contributed by atoms with van der Waals surface area (Å²) in [5, 5.41) is 18.3. The van der Waals surface area contributed by atoms with Gasteiger partial charge in [-0.2, -0.15) is 4.98 Å². The second kappa shape index (κ2) is 5.30. The summed E-state index contributed by atoms with van der Waals surface area (Å²) in [5.41, 5.74) is 4.87. The molecule has 0 aliphatic carbocycles. The van der Waals surface area contributed by atoms with Crippen molar-refractivity contribution in [3.8, 4) is 0 Å². The Hall–Kier alpha value is -1.70. The minimum Gasteiger partial charge on any atom is -0.396 e. The summed E-state index contributed by atoms with van der Waals surface area (Å²) in [4.78, 5) is 15.2. The Morgan fingerprint density at radius 1 is 1.39 bits per heavy atom. The first-order valence-corrected chi connectivity index (χ1v) is 5.56. The normalized spacial score (nSPS) is 27.3. The molecule has 4 N–H and O–H groups in total. The molecule has 0 amide bonds. The molecule has 0 spiro atoms. The highest BCUT2D eigenvalue weighted by molar-refractivity contribution is 5.23. The summed E-state index contributed by atoms with van der Waals surface area (Å²) in [6.07, 6.45) is 3.65. The van der Waals surface area contributed by atoms with Crippen molar-refractivity contribution < 1.29 is 14.9 Å². The van der Waals surface area contributed by atoms with Crippen LogP contribution in [-0.2, 0) is 4.74 Å². The van der Waals surface area contributed by atoms with Crippen molar-refractivity contribution in [2.24, 2.45) is 5.92 Å². The van der Waals surface area contributed by atoms with Crippen LogP contribution in [0.1, 0.15) is 6.23 Å². The minimum atomic E-state index is -0.648. The highest BCUT2D eigenvalue weighted by Crippen LogP contribution is 2.23. The second-order valence-corrected chi connectivity index (χ2v) is 4.02. The van der Waals surface area contributed by atoms with E-state index in [-0.39, 0.29) is 24.9 Å². The van der Waals surface area contributed by atoms with Crippen molar-refractivity contribution in [2.45, 2.75) is 12.3 Å². The van der Waals surface area contributed by atoms with E-state index in [1.807, 2.05) is 0 Å². The van der Waals surface area contributed by atoms with E-state index < -0.39 is 18.0 Å². The number of hydrogen-bond donors (Lipinski definition) is 3. The average molecular weight is 253 g/mol. The SMILES string of the molecule is Nc1ccn([C@H]2C=C[C@H](CO)[C@@H](CO)O2)c(=O)n1. The number of rotatable bonds is 3. The van der Waals surface area contributed by atoms with Gasteiger partial charge >= 0.3 is 5.69 Å². The number of aliphatic hydroxyl groups is 2. The lowest BCUT2D eigenvalue weighted by Gasteiger charge is -2.30. The largest absolute Gasteiger partial charge is 0.396 e. The maximum Gasteiger partial charge on any atom is 0.351 e. The Bertz CT molecular complexity index is 499. The molecule has 2 heterocycles. The summed E-state index contributed by atoms with van der Waals surface area (Å²) >= 11 is 0. The number of nitrogens with two attached hydrogens (primary N) is 1. The van der Waals surface area contributed by atoms with Crippen molar-refractivity contribution in [3.05, 3.63) is 34.9 Å². The van der Waals surface area contributed by atoms with Crippen LogP contribution in [0.15, 0.2) is 29.2 Å². The number of hydrogen-bond acceptors (Lipinski definition) is 6. The van der Waals surface area contributed by atoms with Crippen LogP contribution in [0.5, 0.6) is 0 Å². The Morgan fingerprint density at radius 3 is 2.78 bits per heavy atom. The molecule has 0 aromatic carbocycles. The highest BCUT2D eigenvalue weighted by atomic mass is 16.5. The molecule has 98 valence electrons. The molecular formula is C11H15N3O4. The third kappa shape index (κ3) is 2.42. The molecule has 7 heteroatoms. The van der Waals surface area contributed by atoms with Crippen LogP contribution in [0.3, 0.4) is 0 Å². The number of nitrogen functional groups attached to an aromatic ring is 1. The van der Waals surface area contributed by atoms with Gasteiger partial charge in [0.15, 0.2) is 6.23 Å². The van der Waals surface area contributed by atoms with E-state index in [1.54, 1.807) is 12.2 Å². The summed E-state index contributed by atoms with van der Waals surface area (Å²) < 4.78 is 6.80. The first kappa shape index (κ1) is 12.7. The van der Waals surface area contributed by atoms with Crippen LogP contribution in [-0.4, -0.2) is 39.1 Å². The Balaban J connectivity index is 2.27. The quantitative estimate of drug-likeness (QED) is 0.588. The van der Waals surface area contributed by atoms with Crippen LogP contribution in [0, 0.1) is 5.92 Å². The third-order valence-corrected chi connectivity index (χ3v) is 2.83. The fourth-order valence-corrected chi connectivity index (χ4v) is 1.82. The predicted molar refractivity (Wildman–Crippen MR) is 63.6 cm³/mol. The zero-order valence-corrected chi connectivity index (χ0v) is 9.64. The molecule has 2 rings (SSSR count). The van der Waals surface area contributed by atoms with Crippen LogP contribution >= 0.6 is 0 Å². The smallest absolute Gasteiger partial charge is 0.351 e. The van der Waals surface area contributed by atoms with Crippen molar-refractivity contribution in [1.29, 1.82) is 0 Å². The molecule has 3 atom stereocenters. The van der Waals surface area contributed by atoms with Gasteiger partial charge in [0.1, 0.15) is 5.82 Å². The summed E-state index contributed by atoms with van der Waals surface area (Å²) in [6, 6.07) is 1.49. The van der Waals surface area contributed by atoms with E-state index in [0.29, 0.717) is 0 Å². The lowest BCUT2D eigenvalue weighted by Crippen LogP contribution is -2.38. The maximum atomic E-state index is 11.6. The topological polar surface area (TPSA) is 111 Å². The van der Waals surface area contributed by atoms with Gasteiger partial charge in [0.05, 0.1) is 19.3 Å². The molecule has 7 nitrogen and oxygen atoms in total. The van der Waals surface area contributed by atoms with Crippen LogP contribution in [0.2, 0.25) is 0 Å². The van der Waals surface area contributed by atoms with Crippen LogP contribution in [0.25, 0.3) is 0 Å². The average Bonchev–Trinajstić information content (AvgIpc) is 2.38. The fraction of sp³-hybridized carbons (Fsp3) is 0.455. The van der Waals surface area contributed by atoms with E-state index >= 15 is 0 Å². The predicted octanol–water partition coefficient (Wildman–Crippen LogP) is -1.12. The second-order valence-electron chi connectivity index (χ2n) is 4.02. The zero-order chi connectivity index (χ0) is 13.1. The third-order valence-electron chi connectivity index (χ3n) is 2.83. The molecule has 1 aromatic heterocycles. The summed E-state index contributed by atoms with van der Waals surface area (Å²) in [6.45, 7) is -0.355. The van der Waals surface area contributed by atoms with Crippen molar-refractivity contribution in [2.75, 3.05) is 18.9 Å². The van der Waals surface area contributed by atoms with Gasteiger partial charge in [0.2, 0.25) is 0 Å². The van der Waals surface area contributed by atoms with E-state index in [0.717, 1.165) is 0 Å². The van der Waals surface area contributed by atoms with Gasteiger partial charge in [-0.1, -0.05) is 6.08 Å².